The van der Waals surface area contributed by atoms with Gasteiger partial charge in [-0.05, 0) is 36.9 Å². The first-order valence-corrected chi connectivity index (χ1v) is 6.95. The Morgan fingerprint density at radius 3 is 3.16 bits per heavy atom. The number of hydrogen-bond acceptors (Lipinski definition) is 4. The second-order valence-corrected chi connectivity index (χ2v) is 5.95. The maximum atomic E-state index is 5.98. The molecule has 2 fully saturated rings. The Labute approximate surface area is 116 Å². The maximum absolute atomic E-state index is 5.98. The Bertz CT molecular complexity index is 619. The third kappa shape index (κ3) is 1.86. The number of rotatable bonds is 2. The van der Waals surface area contributed by atoms with Crippen molar-refractivity contribution < 1.29 is 4.52 Å². The normalized spacial score (nSPS) is 29.0. The molecular weight excluding hydrogens is 262 g/mol. The molecule has 1 aliphatic heterocycles. The minimum absolute atomic E-state index is 0.387. The van der Waals surface area contributed by atoms with Crippen molar-refractivity contribution in [2.75, 3.05) is 13.1 Å². The van der Waals surface area contributed by atoms with E-state index in [4.69, 9.17) is 16.1 Å². The van der Waals surface area contributed by atoms with Crippen molar-refractivity contribution in [2.24, 2.45) is 5.41 Å². The predicted molar refractivity (Wildman–Crippen MR) is 72.0 cm³/mol. The standard InChI is InChI=1S/C14H14ClN3O/c15-10-3-1-2-9(6-10)12-17-13(19-18-12)11-7-14(11)4-5-16-8-14/h1-3,6,11,16H,4-5,7-8H2. The molecule has 1 aromatic heterocycles. The summed E-state index contributed by atoms with van der Waals surface area (Å²) in [6.45, 7) is 2.18. The average molecular weight is 276 g/mol. The summed E-state index contributed by atoms with van der Waals surface area (Å²) in [5, 5.41) is 8.18. The number of nitrogens with one attached hydrogen (secondary N) is 1. The van der Waals surface area contributed by atoms with Crippen LogP contribution in [0.3, 0.4) is 0 Å². The molecule has 4 nitrogen and oxygen atoms in total. The lowest BCUT2D eigenvalue weighted by Crippen LogP contribution is -2.10. The van der Waals surface area contributed by atoms with Gasteiger partial charge < -0.3 is 9.84 Å². The Morgan fingerprint density at radius 2 is 2.37 bits per heavy atom. The van der Waals surface area contributed by atoms with Gasteiger partial charge >= 0.3 is 0 Å². The van der Waals surface area contributed by atoms with E-state index in [9.17, 15) is 0 Å². The summed E-state index contributed by atoms with van der Waals surface area (Å²) >= 11 is 5.98. The van der Waals surface area contributed by atoms with Gasteiger partial charge in [-0.1, -0.05) is 28.9 Å². The van der Waals surface area contributed by atoms with E-state index in [-0.39, 0.29) is 0 Å². The van der Waals surface area contributed by atoms with E-state index in [0.29, 0.717) is 22.2 Å². The highest BCUT2D eigenvalue weighted by Gasteiger charge is 2.58. The van der Waals surface area contributed by atoms with Crippen LogP contribution in [0.4, 0.5) is 0 Å². The maximum Gasteiger partial charge on any atom is 0.230 e. The molecule has 0 amide bonds. The number of aromatic nitrogens is 2. The number of benzene rings is 1. The van der Waals surface area contributed by atoms with Gasteiger partial charge in [0, 0.05) is 23.0 Å². The van der Waals surface area contributed by atoms with Gasteiger partial charge in [0.25, 0.3) is 0 Å². The summed E-state index contributed by atoms with van der Waals surface area (Å²) in [6, 6.07) is 7.54. The van der Waals surface area contributed by atoms with E-state index in [2.05, 4.69) is 15.5 Å². The predicted octanol–water partition coefficient (Wildman–Crippen LogP) is 2.86. The third-order valence-electron chi connectivity index (χ3n) is 4.29. The first kappa shape index (κ1) is 11.4. The van der Waals surface area contributed by atoms with Crippen LogP contribution in [0.15, 0.2) is 28.8 Å². The lowest BCUT2D eigenvalue weighted by Gasteiger charge is -2.02. The summed E-state index contributed by atoms with van der Waals surface area (Å²) in [7, 11) is 0. The molecule has 0 radical (unpaired) electrons. The van der Waals surface area contributed by atoms with Crippen molar-refractivity contribution in [3.8, 4) is 11.4 Å². The molecule has 1 spiro atoms. The van der Waals surface area contributed by atoms with Crippen molar-refractivity contribution in [3.63, 3.8) is 0 Å². The molecule has 1 aromatic carbocycles. The van der Waals surface area contributed by atoms with Crippen LogP contribution in [-0.4, -0.2) is 23.2 Å². The zero-order valence-electron chi connectivity index (χ0n) is 10.4. The van der Waals surface area contributed by atoms with Crippen LogP contribution in [0.1, 0.15) is 24.7 Å². The van der Waals surface area contributed by atoms with E-state index in [1.807, 2.05) is 24.3 Å². The quantitative estimate of drug-likeness (QED) is 0.916. The highest BCUT2D eigenvalue weighted by atomic mass is 35.5. The van der Waals surface area contributed by atoms with Gasteiger partial charge in [0.1, 0.15) is 0 Å². The topological polar surface area (TPSA) is 51.0 Å². The van der Waals surface area contributed by atoms with Crippen molar-refractivity contribution in [2.45, 2.75) is 18.8 Å². The van der Waals surface area contributed by atoms with Crippen LogP contribution < -0.4 is 5.32 Å². The number of halogens is 1. The molecule has 1 aliphatic carbocycles. The van der Waals surface area contributed by atoms with Crippen LogP contribution in [0.2, 0.25) is 5.02 Å². The summed E-state index contributed by atoms with van der Waals surface area (Å²) < 4.78 is 5.44. The van der Waals surface area contributed by atoms with Crippen molar-refractivity contribution in [3.05, 3.63) is 35.2 Å². The van der Waals surface area contributed by atoms with E-state index in [1.165, 1.54) is 6.42 Å². The zero-order chi connectivity index (χ0) is 12.9. The second kappa shape index (κ2) is 4.05. The van der Waals surface area contributed by atoms with E-state index >= 15 is 0 Å². The molecule has 1 N–H and O–H groups in total. The lowest BCUT2D eigenvalue weighted by molar-refractivity contribution is 0.364. The fourth-order valence-electron chi connectivity index (χ4n) is 3.05. The Balaban J connectivity index is 1.61. The van der Waals surface area contributed by atoms with Crippen LogP contribution in [0.25, 0.3) is 11.4 Å². The van der Waals surface area contributed by atoms with Crippen LogP contribution in [0.5, 0.6) is 0 Å². The summed E-state index contributed by atoms with van der Waals surface area (Å²) in [5.74, 6) is 1.84. The fourth-order valence-corrected chi connectivity index (χ4v) is 3.24. The monoisotopic (exact) mass is 275 g/mol. The molecule has 0 bridgehead atoms. The van der Waals surface area contributed by atoms with Crippen molar-refractivity contribution in [1.82, 2.24) is 15.5 Å². The number of hydrogen-bond donors (Lipinski definition) is 1. The molecule has 1 saturated heterocycles. The first-order chi connectivity index (χ1) is 9.27. The van der Waals surface area contributed by atoms with Gasteiger partial charge in [-0.2, -0.15) is 4.98 Å². The van der Waals surface area contributed by atoms with E-state index in [1.54, 1.807) is 0 Å². The minimum Gasteiger partial charge on any atom is -0.339 e. The molecule has 98 valence electrons. The van der Waals surface area contributed by atoms with Gasteiger partial charge in [-0.15, -0.1) is 0 Å². The summed E-state index contributed by atoms with van der Waals surface area (Å²) in [4.78, 5) is 4.54. The minimum atomic E-state index is 0.387. The van der Waals surface area contributed by atoms with E-state index < -0.39 is 0 Å². The van der Waals surface area contributed by atoms with E-state index in [0.717, 1.165) is 31.0 Å². The van der Waals surface area contributed by atoms with Gasteiger partial charge in [0.05, 0.1) is 0 Å². The molecule has 2 aliphatic rings. The lowest BCUT2D eigenvalue weighted by atomic mass is 10.0. The highest BCUT2D eigenvalue weighted by molar-refractivity contribution is 6.30. The smallest absolute Gasteiger partial charge is 0.230 e. The molecule has 5 heteroatoms. The molecule has 2 unspecified atom stereocenters. The van der Waals surface area contributed by atoms with Crippen molar-refractivity contribution >= 4 is 11.6 Å². The summed E-state index contributed by atoms with van der Waals surface area (Å²) in [6.07, 6.45) is 2.38. The van der Waals surface area contributed by atoms with Crippen LogP contribution in [0, 0.1) is 5.41 Å². The molecule has 4 rings (SSSR count). The molecule has 1 saturated carbocycles. The van der Waals surface area contributed by atoms with Gasteiger partial charge in [0.2, 0.25) is 11.7 Å². The molecule has 2 heterocycles. The molecule has 2 atom stereocenters. The largest absolute Gasteiger partial charge is 0.339 e. The van der Waals surface area contributed by atoms with Crippen LogP contribution >= 0.6 is 11.6 Å². The second-order valence-electron chi connectivity index (χ2n) is 5.51. The molecular formula is C14H14ClN3O. The van der Waals surface area contributed by atoms with Gasteiger partial charge in [0.15, 0.2) is 0 Å². The Kier molecular flexibility index (Phi) is 2.44. The molecule has 19 heavy (non-hydrogen) atoms. The third-order valence-corrected chi connectivity index (χ3v) is 4.52. The number of nitrogens with zero attached hydrogens (tertiary/aromatic N) is 2. The molecule has 2 aromatic rings. The van der Waals surface area contributed by atoms with Gasteiger partial charge in [-0.25, -0.2) is 0 Å². The summed E-state index contributed by atoms with van der Waals surface area (Å²) in [5.41, 5.74) is 1.29. The zero-order valence-corrected chi connectivity index (χ0v) is 11.2. The van der Waals surface area contributed by atoms with Crippen molar-refractivity contribution in [1.29, 1.82) is 0 Å². The van der Waals surface area contributed by atoms with Gasteiger partial charge in [-0.3, -0.25) is 0 Å². The Morgan fingerprint density at radius 1 is 1.42 bits per heavy atom. The first-order valence-electron chi connectivity index (χ1n) is 6.57. The Hall–Kier alpha value is -1.39. The highest BCUT2D eigenvalue weighted by Crippen LogP contribution is 2.62. The average Bonchev–Trinajstić information content (AvgIpc) is 2.82. The van der Waals surface area contributed by atoms with Crippen LogP contribution in [-0.2, 0) is 0 Å². The fraction of sp³-hybridized carbons (Fsp3) is 0.429. The SMILES string of the molecule is Clc1cccc(-c2noc(C3CC34CCNC4)n2)c1.